The summed E-state index contributed by atoms with van der Waals surface area (Å²) in [5.41, 5.74) is 6.64. The van der Waals surface area contributed by atoms with Crippen molar-refractivity contribution >= 4 is 0 Å². The molecule has 2 N–H and O–H groups in total. The monoisotopic (exact) mass is 291 g/mol. The molecule has 2 aliphatic rings. The van der Waals surface area contributed by atoms with Gasteiger partial charge >= 0.3 is 0 Å². The molecule has 0 aliphatic heterocycles. The van der Waals surface area contributed by atoms with Gasteiger partial charge in [0.15, 0.2) is 5.82 Å². The maximum absolute atomic E-state index is 6.58. The molecule has 0 unspecified atom stereocenters. The van der Waals surface area contributed by atoms with E-state index in [0.29, 0.717) is 5.92 Å². The van der Waals surface area contributed by atoms with Crippen molar-refractivity contribution in [3.8, 4) is 0 Å². The maximum Gasteiger partial charge on any atom is 0.230 e. The van der Waals surface area contributed by atoms with Gasteiger partial charge in [0.1, 0.15) is 0 Å². The first kappa shape index (κ1) is 15.0. The lowest BCUT2D eigenvalue weighted by Crippen LogP contribution is -2.41. The molecule has 2 saturated carbocycles. The van der Waals surface area contributed by atoms with Crippen LogP contribution in [0.1, 0.15) is 84.4 Å². The van der Waals surface area contributed by atoms with Gasteiger partial charge in [-0.2, -0.15) is 4.98 Å². The van der Waals surface area contributed by atoms with Crippen molar-refractivity contribution in [2.45, 2.75) is 78.2 Å². The Morgan fingerprint density at radius 1 is 1.14 bits per heavy atom. The summed E-state index contributed by atoms with van der Waals surface area (Å²) in [6.07, 6.45) is 5.55. The molecule has 0 amide bonds. The molecule has 1 aromatic heterocycles. The zero-order valence-electron chi connectivity index (χ0n) is 14.1. The molecule has 1 heterocycles. The Morgan fingerprint density at radius 3 is 2.19 bits per heavy atom. The number of nitrogens with zero attached hydrogens (tertiary/aromatic N) is 2. The second-order valence-electron chi connectivity index (χ2n) is 8.34. The van der Waals surface area contributed by atoms with Gasteiger partial charge in [0.25, 0.3) is 0 Å². The van der Waals surface area contributed by atoms with E-state index in [0.717, 1.165) is 30.5 Å². The van der Waals surface area contributed by atoms with Crippen molar-refractivity contribution in [2.24, 2.45) is 22.5 Å². The lowest BCUT2D eigenvalue weighted by molar-refractivity contribution is 0.216. The van der Waals surface area contributed by atoms with E-state index < -0.39 is 0 Å². The van der Waals surface area contributed by atoms with Gasteiger partial charge in [-0.05, 0) is 42.4 Å². The highest BCUT2D eigenvalue weighted by atomic mass is 16.5. The van der Waals surface area contributed by atoms with Gasteiger partial charge in [-0.3, -0.25) is 0 Å². The largest absolute Gasteiger partial charge is 0.339 e. The Bertz CT molecular complexity index is 510. The molecule has 0 spiro atoms. The number of hydrogen-bond donors (Lipinski definition) is 1. The molecule has 0 aromatic carbocycles. The van der Waals surface area contributed by atoms with Crippen molar-refractivity contribution in [3.05, 3.63) is 11.7 Å². The molecule has 2 fully saturated rings. The summed E-state index contributed by atoms with van der Waals surface area (Å²) in [4.78, 5) is 4.71. The normalized spacial score (nSPS) is 34.9. The smallest absolute Gasteiger partial charge is 0.230 e. The van der Waals surface area contributed by atoms with Crippen LogP contribution in [0.15, 0.2) is 4.52 Å². The number of rotatable bonds is 3. The predicted molar refractivity (Wildman–Crippen MR) is 82.7 cm³/mol. The fourth-order valence-corrected chi connectivity index (χ4v) is 4.19. The van der Waals surface area contributed by atoms with Crippen molar-refractivity contribution in [3.63, 3.8) is 0 Å². The lowest BCUT2D eigenvalue weighted by Gasteiger charge is -2.34. The Labute approximate surface area is 127 Å². The number of hydrogen-bond acceptors (Lipinski definition) is 4. The van der Waals surface area contributed by atoms with E-state index in [1.54, 1.807) is 0 Å². The molecule has 2 aliphatic carbocycles. The maximum atomic E-state index is 6.58. The fourth-order valence-electron chi connectivity index (χ4n) is 4.19. The minimum atomic E-state index is -0.378. The van der Waals surface area contributed by atoms with E-state index >= 15 is 0 Å². The molecule has 4 heteroatoms. The van der Waals surface area contributed by atoms with Crippen LogP contribution in [-0.4, -0.2) is 10.1 Å². The first-order chi connectivity index (χ1) is 9.72. The summed E-state index contributed by atoms with van der Waals surface area (Å²) in [6, 6.07) is 0. The summed E-state index contributed by atoms with van der Waals surface area (Å²) in [6.45, 7) is 11.3. The topological polar surface area (TPSA) is 64.9 Å². The van der Waals surface area contributed by atoms with Gasteiger partial charge in [-0.1, -0.05) is 46.2 Å². The third kappa shape index (κ3) is 2.14. The molecule has 0 atom stereocenters. The van der Waals surface area contributed by atoms with Crippen molar-refractivity contribution in [1.82, 2.24) is 10.1 Å². The van der Waals surface area contributed by atoms with Gasteiger partial charge in [0.05, 0.1) is 5.54 Å². The number of nitrogens with two attached hydrogens (primary N) is 1. The summed E-state index contributed by atoms with van der Waals surface area (Å²) in [5, 5.41) is 4.24. The molecule has 0 saturated heterocycles. The van der Waals surface area contributed by atoms with E-state index in [-0.39, 0.29) is 16.4 Å². The summed E-state index contributed by atoms with van der Waals surface area (Å²) in [5.74, 6) is 2.67. The second-order valence-corrected chi connectivity index (χ2v) is 8.34. The molecule has 3 rings (SSSR count). The zero-order valence-corrected chi connectivity index (χ0v) is 14.1. The molecule has 21 heavy (non-hydrogen) atoms. The van der Waals surface area contributed by atoms with Gasteiger partial charge in [0.2, 0.25) is 5.89 Å². The molecule has 118 valence electrons. The van der Waals surface area contributed by atoms with E-state index in [2.05, 4.69) is 39.8 Å². The SMILES string of the molecule is CCC1CCC(N)(c2noc(C3C(C)(C)C3(C)C)n2)CC1. The predicted octanol–water partition coefficient (Wildman–Crippen LogP) is 3.97. The summed E-state index contributed by atoms with van der Waals surface area (Å²) in [7, 11) is 0. The molecular formula is C17H29N3O. The van der Waals surface area contributed by atoms with Crippen LogP contribution in [0.25, 0.3) is 0 Å². The van der Waals surface area contributed by atoms with E-state index in [1.165, 1.54) is 19.3 Å². The third-order valence-corrected chi connectivity index (χ3v) is 6.73. The highest BCUT2D eigenvalue weighted by Crippen LogP contribution is 2.73. The Morgan fingerprint density at radius 2 is 1.71 bits per heavy atom. The Balaban J connectivity index is 1.77. The molecule has 0 radical (unpaired) electrons. The van der Waals surface area contributed by atoms with Crippen molar-refractivity contribution < 1.29 is 4.52 Å². The highest BCUT2D eigenvalue weighted by Gasteiger charge is 2.68. The van der Waals surface area contributed by atoms with Crippen LogP contribution in [0.4, 0.5) is 0 Å². The van der Waals surface area contributed by atoms with Crippen LogP contribution >= 0.6 is 0 Å². The van der Waals surface area contributed by atoms with Crippen LogP contribution in [-0.2, 0) is 5.54 Å². The van der Waals surface area contributed by atoms with Crippen LogP contribution in [0.5, 0.6) is 0 Å². The molecule has 4 nitrogen and oxygen atoms in total. The highest BCUT2D eigenvalue weighted by molar-refractivity contribution is 5.25. The minimum Gasteiger partial charge on any atom is -0.339 e. The standard InChI is InChI=1S/C17H29N3O/c1-6-11-7-9-17(18,10-8-11)14-19-13(21-20-14)12-15(2,3)16(12,4)5/h11-12H,6-10,18H2,1-5H3. The van der Waals surface area contributed by atoms with E-state index in [9.17, 15) is 0 Å². The fraction of sp³-hybridized carbons (Fsp3) is 0.882. The molecule has 1 aromatic rings. The Kier molecular flexibility index (Phi) is 3.25. The molecular weight excluding hydrogens is 262 g/mol. The van der Waals surface area contributed by atoms with Crippen LogP contribution < -0.4 is 5.73 Å². The number of aromatic nitrogens is 2. The van der Waals surface area contributed by atoms with Crippen molar-refractivity contribution in [2.75, 3.05) is 0 Å². The average Bonchev–Trinajstić information content (AvgIpc) is 2.78. The molecule has 0 bridgehead atoms. The van der Waals surface area contributed by atoms with Gasteiger partial charge < -0.3 is 10.3 Å². The zero-order chi connectivity index (χ0) is 15.5. The van der Waals surface area contributed by atoms with E-state index in [4.69, 9.17) is 15.2 Å². The van der Waals surface area contributed by atoms with Crippen LogP contribution in [0.2, 0.25) is 0 Å². The van der Waals surface area contributed by atoms with Gasteiger partial charge in [-0.25, -0.2) is 0 Å². The lowest BCUT2D eigenvalue weighted by atomic mass is 9.76. The minimum absolute atomic E-state index is 0.221. The third-order valence-electron chi connectivity index (χ3n) is 6.73. The summed E-state index contributed by atoms with van der Waals surface area (Å²) < 4.78 is 5.59. The van der Waals surface area contributed by atoms with E-state index in [1.807, 2.05) is 0 Å². The first-order valence-corrected chi connectivity index (χ1v) is 8.35. The van der Waals surface area contributed by atoms with Crippen molar-refractivity contribution in [1.29, 1.82) is 0 Å². The van der Waals surface area contributed by atoms with Crippen LogP contribution in [0, 0.1) is 16.7 Å². The van der Waals surface area contributed by atoms with Gasteiger partial charge in [0, 0.05) is 5.92 Å². The average molecular weight is 291 g/mol. The summed E-state index contributed by atoms with van der Waals surface area (Å²) >= 11 is 0. The second kappa shape index (κ2) is 4.55. The first-order valence-electron chi connectivity index (χ1n) is 8.35. The quantitative estimate of drug-likeness (QED) is 0.915. The van der Waals surface area contributed by atoms with Gasteiger partial charge in [-0.15, -0.1) is 0 Å². The van der Waals surface area contributed by atoms with Crippen LogP contribution in [0.3, 0.4) is 0 Å². The Hall–Kier alpha value is -0.900.